The van der Waals surface area contributed by atoms with Crippen LogP contribution in [0.1, 0.15) is 12.1 Å². The Hall–Kier alpha value is -1.52. The molecule has 1 aliphatic rings. The number of anilines is 1. The maximum absolute atomic E-state index is 5.91. The number of nitrogens with two attached hydrogens (primary N) is 1. The van der Waals surface area contributed by atoms with Crippen LogP contribution in [0.5, 0.6) is 0 Å². The van der Waals surface area contributed by atoms with Gasteiger partial charge in [0.1, 0.15) is 0 Å². The summed E-state index contributed by atoms with van der Waals surface area (Å²) in [6, 6.07) is 7.72. The van der Waals surface area contributed by atoms with E-state index in [1.54, 1.807) is 0 Å². The second kappa shape index (κ2) is 4.63. The lowest BCUT2D eigenvalue weighted by molar-refractivity contribution is 0.604. The number of nitrogens with zero attached hydrogens (tertiary/aromatic N) is 2. The molecule has 0 aliphatic carbocycles. The van der Waals surface area contributed by atoms with Gasteiger partial charge in [0.2, 0.25) is 5.95 Å². The van der Waals surface area contributed by atoms with Crippen molar-refractivity contribution in [3.63, 3.8) is 0 Å². The van der Waals surface area contributed by atoms with Crippen LogP contribution in [-0.2, 0) is 13.1 Å². The minimum absolute atomic E-state index is 0.493. The zero-order chi connectivity index (χ0) is 12.5. The molecule has 18 heavy (non-hydrogen) atoms. The first kappa shape index (κ1) is 11.6. The second-order valence-electron chi connectivity index (χ2n) is 4.37. The van der Waals surface area contributed by atoms with Gasteiger partial charge in [-0.25, -0.2) is 4.98 Å². The lowest BCUT2D eigenvalue weighted by atomic mass is 10.1. The molecule has 0 unspecified atom stereocenters. The van der Waals surface area contributed by atoms with Crippen molar-refractivity contribution in [1.82, 2.24) is 9.55 Å². The maximum atomic E-state index is 5.91. The number of hydrogen-bond donors (Lipinski definition) is 2. The summed E-state index contributed by atoms with van der Waals surface area (Å²) in [5, 5.41) is 4.04. The van der Waals surface area contributed by atoms with Crippen molar-refractivity contribution in [2.45, 2.75) is 19.5 Å². The number of halogens is 1. The molecule has 0 saturated carbocycles. The first-order chi connectivity index (χ1) is 8.79. The fraction of sp³-hybridized carbons (Fsp3) is 0.308. The normalized spacial score (nSPS) is 14.1. The molecular weight excluding hydrogens is 248 g/mol. The Balaban J connectivity index is 2.11. The molecule has 0 spiro atoms. The fourth-order valence-electron chi connectivity index (χ4n) is 2.35. The Morgan fingerprint density at radius 3 is 2.83 bits per heavy atom. The third-order valence-electron chi connectivity index (χ3n) is 3.23. The lowest BCUT2D eigenvalue weighted by Gasteiger charge is -2.17. The highest BCUT2D eigenvalue weighted by Crippen LogP contribution is 2.28. The molecule has 0 saturated heterocycles. The lowest BCUT2D eigenvalue weighted by Crippen LogP contribution is -2.19. The highest BCUT2D eigenvalue weighted by molar-refractivity contribution is 6.30. The van der Waals surface area contributed by atoms with E-state index in [1.165, 1.54) is 0 Å². The molecule has 0 atom stereocenters. The van der Waals surface area contributed by atoms with Gasteiger partial charge in [-0.15, -0.1) is 0 Å². The molecule has 4 nitrogen and oxygen atoms in total. The van der Waals surface area contributed by atoms with Gasteiger partial charge in [0.15, 0.2) is 0 Å². The van der Waals surface area contributed by atoms with Crippen LogP contribution < -0.4 is 11.1 Å². The molecule has 2 heterocycles. The van der Waals surface area contributed by atoms with Gasteiger partial charge in [-0.2, -0.15) is 0 Å². The predicted octanol–water partition coefficient (Wildman–Crippen LogP) is 2.48. The molecule has 1 aromatic carbocycles. The van der Waals surface area contributed by atoms with Crippen LogP contribution in [0.2, 0.25) is 5.02 Å². The van der Waals surface area contributed by atoms with E-state index in [1.807, 2.05) is 24.3 Å². The number of imidazole rings is 1. The molecule has 3 N–H and O–H groups in total. The van der Waals surface area contributed by atoms with E-state index in [0.29, 0.717) is 6.54 Å². The topological polar surface area (TPSA) is 55.9 Å². The van der Waals surface area contributed by atoms with E-state index in [4.69, 9.17) is 17.3 Å². The minimum atomic E-state index is 0.493. The molecule has 3 rings (SSSR count). The molecule has 2 aromatic rings. The average Bonchev–Trinajstić information content (AvgIpc) is 2.78. The van der Waals surface area contributed by atoms with Gasteiger partial charge < -0.3 is 15.6 Å². The summed E-state index contributed by atoms with van der Waals surface area (Å²) in [4.78, 5) is 4.65. The number of nitrogens with one attached hydrogen (secondary N) is 1. The van der Waals surface area contributed by atoms with Gasteiger partial charge in [0, 0.05) is 30.2 Å². The second-order valence-corrected chi connectivity index (χ2v) is 4.81. The van der Waals surface area contributed by atoms with Gasteiger partial charge in [-0.3, -0.25) is 0 Å². The molecule has 0 fully saturated rings. The largest absolute Gasteiger partial charge is 0.356 e. The van der Waals surface area contributed by atoms with Crippen molar-refractivity contribution >= 4 is 17.5 Å². The van der Waals surface area contributed by atoms with E-state index >= 15 is 0 Å². The van der Waals surface area contributed by atoms with Gasteiger partial charge in [0.05, 0.1) is 11.4 Å². The SMILES string of the molecule is NCc1c(-c2ccc(Cl)cc2)nc2n1CCCN2. The van der Waals surface area contributed by atoms with Crippen molar-refractivity contribution in [3.05, 3.63) is 35.0 Å². The van der Waals surface area contributed by atoms with E-state index < -0.39 is 0 Å². The van der Waals surface area contributed by atoms with Crippen LogP contribution in [0.3, 0.4) is 0 Å². The summed E-state index contributed by atoms with van der Waals surface area (Å²) in [6.45, 7) is 2.45. The summed E-state index contributed by atoms with van der Waals surface area (Å²) in [6.07, 6.45) is 1.11. The number of fused-ring (bicyclic) bond motifs is 1. The van der Waals surface area contributed by atoms with Crippen LogP contribution in [-0.4, -0.2) is 16.1 Å². The molecule has 1 aromatic heterocycles. The van der Waals surface area contributed by atoms with Crippen molar-refractivity contribution in [2.24, 2.45) is 5.73 Å². The smallest absolute Gasteiger partial charge is 0.203 e. The van der Waals surface area contributed by atoms with Crippen LogP contribution in [0.4, 0.5) is 5.95 Å². The van der Waals surface area contributed by atoms with Crippen LogP contribution in [0.15, 0.2) is 24.3 Å². The van der Waals surface area contributed by atoms with Gasteiger partial charge in [-0.05, 0) is 18.6 Å². The van der Waals surface area contributed by atoms with Crippen LogP contribution in [0, 0.1) is 0 Å². The highest BCUT2D eigenvalue weighted by Gasteiger charge is 2.19. The highest BCUT2D eigenvalue weighted by atomic mass is 35.5. The summed E-state index contributed by atoms with van der Waals surface area (Å²) < 4.78 is 2.17. The first-order valence-electron chi connectivity index (χ1n) is 6.09. The molecular formula is C13H15ClN4. The molecule has 5 heteroatoms. The van der Waals surface area contributed by atoms with E-state index in [2.05, 4.69) is 14.9 Å². The van der Waals surface area contributed by atoms with Crippen molar-refractivity contribution in [3.8, 4) is 11.3 Å². The molecule has 0 radical (unpaired) electrons. The standard InChI is InChI=1S/C13H15ClN4/c14-10-4-2-9(3-5-10)12-11(8-15)18-7-1-6-16-13(18)17-12/h2-5H,1,6-8,15H2,(H,16,17). The van der Waals surface area contributed by atoms with Gasteiger partial charge in [-0.1, -0.05) is 23.7 Å². The van der Waals surface area contributed by atoms with E-state index in [-0.39, 0.29) is 0 Å². The quantitative estimate of drug-likeness (QED) is 0.874. The fourth-order valence-corrected chi connectivity index (χ4v) is 2.47. The molecule has 0 bridgehead atoms. The van der Waals surface area contributed by atoms with E-state index in [0.717, 1.165) is 47.4 Å². The average molecular weight is 263 g/mol. The van der Waals surface area contributed by atoms with Crippen molar-refractivity contribution in [1.29, 1.82) is 0 Å². The maximum Gasteiger partial charge on any atom is 0.203 e. The third-order valence-corrected chi connectivity index (χ3v) is 3.48. The van der Waals surface area contributed by atoms with Crippen molar-refractivity contribution < 1.29 is 0 Å². The zero-order valence-corrected chi connectivity index (χ0v) is 10.7. The van der Waals surface area contributed by atoms with Crippen molar-refractivity contribution in [2.75, 3.05) is 11.9 Å². The molecule has 0 amide bonds. The number of aromatic nitrogens is 2. The number of rotatable bonds is 2. The van der Waals surface area contributed by atoms with Crippen LogP contribution in [0.25, 0.3) is 11.3 Å². The number of benzene rings is 1. The molecule has 94 valence electrons. The Labute approximate surface area is 111 Å². The van der Waals surface area contributed by atoms with E-state index in [9.17, 15) is 0 Å². The Morgan fingerprint density at radius 2 is 2.11 bits per heavy atom. The Kier molecular flexibility index (Phi) is 2.97. The summed E-state index contributed by atoms with van der Waals surface area (Å²) in [5.74, 6) is 0.923. The summed E-state index contributed by atoms with van der Waals surface area (Å²) >= 11 is 5.91. The number of hydrogen-bond acceptors (Lipinski definition) is 3. The Morgan fingerprint density at radius 1 is 1.33 bits per heavy atom. The molecule has 1 aliphatic heterocycles. The summed E-state index contributed by atoms with van der Waals surface area (Å²) in [5.41, 5.74) is 8.97. The first-order valence-corrected chi connectivity index (χ1v) is 6.46. The summed E-state index contributed by atoms with van der Waals surface area (Å²) in [7, 11) is 0. The van der Waals surface area contributed by atoms with Gasteiger partial charge >= 0.3 is 0 Å². The van der Waals surface area contributed by atoms with Crippen LogP contribution >= 0.6 is 11.6 Å². The Bertz CT molecular complexity index is 559. The third kappa shape index (κ3) is 1.87. The van der Waals surface area contributed by atoms with Gasteiger partial charge in [0.25, 0.3) is 0 Å². The monoisotopic (exact) mass is 262 g/mol. The zero-order valence-electron chi connectivity index (χ0n) is 9.99. The minimum Gasteiger partial charge on any atom is -0.356 e. The predicted molar refractivity (Wildman–Crippen MR) is 73.7 cm³/mol.